The van der Waals surface area contributed by atoms with Crippen LogP contribution in [0.15, 0.2) is 53.5 Å². The summed E-state index contributed by atoms with van der Waals surface area (Å²) >= 11 is 0. The Morgan fingerprint density at radius 3 is 2.65 bits per heavy atom. The van der Waals surface area contributed by atoms with E-state index in [0.29, 0.717) is 17.7 Å². The van der Waals surface area contributed by atoms with E-state index < -0.39 is 0 Å². The lowest BCUT2D eigenvalue weighted by molar-refractivity contribution is -0.125. The summed E-state index contributed by atoms with van der Waals surface area (Å²) in [6.45, 7) is 2.79. The minimum Gasteiger partial charge on any atom is -0.372 e. The number of aromatic nitrogens is 3. The molecule has 1 aromatic carbocycles. The topological polar surface area (TPSA) is 86.1 Å². The molecule has 0 spiro atoms. The first-order valence-electron chi connectivity index (χ1n) is 8.42. The van der Waals surface area contributed by atoms with Crippen molar-refractivity contribution in [3.8, 4) is 0 Å². The number of pyridine rings is 1. The summed E-state index contributed by atoms with van der Waals surface area (Å²) in [7, 11) is 0. The van der Waals surface area contributed by atoms with Crippen LogP contribution in [-0.4, -0.2) is 33.9 Å². The molecule has 0 atom stereocenters. The minimum atomic E-state index is -0.222. The predicted molar refractivity (Wildman–Crippen MR) is 97.7 cm³/mol. The average Bonchev–Trinajstić information content (AvgIpc) is 2.68. The number of hydrogen-bond donors (Lipinski definition) is 1. The quantitative estimate of drug-likeness (QED) is 0.696. The highest BCUT2D eigenvalue weighted by atomic mass is 16.5. The van der Waals surface area contributed by atoms with Crippen molar-refractivity contribution in [1.29, 1.82) is 0 Å². The van der Waals surface area contributed by atoms with Gasteiger partial charge in [-0.1, -0.05) is 24.3 Å². The van der Waals surface area contributed by atoms with Gasteiger partial charge in [0.05, 0.1) is 29.9 Å². The maximum atomic E-state index is 12.7. The van der Waals surface area contributed by atoms with Crippen molar-refractivity contribution >= 4 is 16.7 Å². The van der Waals surface area contributed by atoms with E-state index in [2.05, 4.69) is 15.4 Å². The highest BCUT2D eigenvalue weighted by Gasteiger charge is 2.12. The predicted octanol–water partition coefficient (Wildman–Crippen LogP) is 1.49. The van der Waals surface area contributed by atoms with Gasteiger partial charge in [0.25, 0.3) is 5.56 Å². The average molecular weight is 352 g/mol. The van der Waals surface area contributed by atoms with Gasteiger partial charge in [-0.15, -0.1) is 0 Å². The standard InChI is InChI=1S/C19H20N4O3/c1-2-26-13-18(24)21-11-17-15-8-3-4-9-16(15)19(25)23(22-17)12-14-7-5-6-10-20-14/h3-10H,2,11-13H2,1H3,(H,21,24). The first-order chi connectivity index (χ1) is 12.7. The van der Waals surface area contributed by atoms with Crippen molar-refractivity contribution in [2.24, 2.45) is 0 Å². The second kappa shape index (κ2) is 8.35. The molecule has 1 amide bonds. The van der Waals surface area contributed by atoms with Gasteiger partial charge in [-0.05, 0) is 25.1 Å². The zero-order chi connectivity index (χ0) is 18.4. The van der Waals surface area contributed by atoms with E-state index in [0.717, 1.165) is 11.1 Å². The smallest absolute Gasteiger partial charge is 0.275 e. The summed E-state index contributed by atoms with van der Waals surface area (Å²) in [6.07, 6.45) is 1.68. The molecule has 0 radical (unpaired) electrons. The monoisotopic (exact) mass is 352 g/mol. The number of carbonyl (C=O) groups is 1. The number of benzene rings is 1. The fourth-order valence-electron chi connectivity index (χ4n) is 2.62. The highest BCUT2D eigenvalue weighted by molar-refractivity contribution is 5.84. The van der Waals surface area contributed by atoms with Gasteiger partial charge in [-0.2, -0.15) is 5.10 Å². The summed E-state index contributed by atoms with van der Waals surface area (Å²) < 4.78 is 6.48. The van der Waals surface area contributed by atoms with Crippen molar-refractivity contribution < 1.29 is 9.53 Å². The van der Waals surface area contributed by atoms with Crippen LogP contribution in [0.25, 0.3) is 10.8 Å². The first-order valence-corrected chi connectivity index (χ1v) is 8.42. The molecule has 0 bridgehead atoms. The zero-order valence-corrected chi connectivity index (χ0v) is 14.5. The molecule has 0 saturated heterocycles. The van der Waals surface area contributed by atoms with Gasteiger partial charge in [0.1, 0.15) is 6.61 Å². The Balaban J connectivity index is 1.92. The molecule has 0 aliphatic heterocycles. The molecule has 26 heavy (non-hydrogen) atoms. The van der Waals surface area contributed by atoms with E-state index in [4.69, 9.17) is 4.74 Å². The van der Waals surface area contributed by atoms with Crippen LogP contribution in [0.5, 0.6) is 0 Å². The third kappa shape index (κ3) is 4.12. The third-order valence-electron chi connectivity index (χ3n) is 3.87. The van der Waals surface area contributed by atoms with Crippen LogP contribution in [0.4, 0.5) is 0 Å². The number of fused-ring (bicyclic) bond motifs is 1. The summed E-state index contributed by atoms with van der Waals surface area (Å²) in [5.41, 5.74) is 1.18. The van der Waals surface area contributed by atoms with Gasteiger partial charge < -0.3 is 10.1 Å². The van der Waals surface area contributed by atoms with Crippen LogP contribution in [0.3, 0.4) is 0 Å². The van der Waals surface area contributed by atoms with Crippen LogP contribution in [0, 0.1) is 0 Å². The Morgan fingerprint density at radius 1 is 1.15 bits per heavy atom. The minimum absolute atomic E-state index is 0.00199. The Kier molecular flexibility index (Phi) is 5.70. The molecule has 0 aliphatic carbocycles. The van der Waals surface area contributed by atoms with Gasteiger partial charge in [-0.25, -0.2) is 4.68 Å². The molecule has 2 aromatic heterocycles. The Bertz CT molecular complexity index is 954. The Labute approximate surface area is 150 Å². The van der Waals surface area contributed by atoms with E-state index in [1.807, 2.05) is 43.3 Å². The molecule has 1 N–H and O–H groups in total. The van der Waals surface area contributed by atoms with Crippen molar-refractivity contribution in [2.75, 3.05) is 13.2 Å². The molecule has 7 heteroatoms. The molecular formula is C19H20N4O3. The van der Waals surface area contributed by atoms with Gasteiger partial charge in [0, 0.05) is 18.2 Å². The van der Waals surface area contributed by atoms with Gasteiger partial charge in [-0.3, -0.25) is 14.6 Å². The molecule has 7 nitrogen and oxygen atoms in total. The normalized spacial score (nSPS) is 10.8. The molecule has 134 valence electrons. The number of ether oxygens (including phenoxy) is 1. The molecule has 0 saturated carbocycles. The van der Waals surface area contributed by atoms with Gasteiger partial charge in [0.15, 0.2) is 0 Å². The Morgan fingerprint density at radius 2 is 1.92 bits per heavy atom. The van der Waals surface area contributed by atoms with Crippen molar-refractivity contribution in [3.63, 3.8) is 0 Å². The fraction of sp³-hybridized carbons (Fsp3) is 0.263. The number of amides is 1. The van der Waals surface area contributed by atoms with Crippen LogP contribution in [0.2, 0.25) is 0 Å². The van der Waals surface area contributed by atoms with Crippen LogP contribution in [-0.2, 0) is 22.6 Å². The fourth-order valence-corrected chi connectivity index (χ4v) is 2.62. The van der Waals surface area contributed by atoms with Crippen LogP contribution >= 0.6 is 0 Å². The molecule has 3 rings (SSSR count). The lowest BCUT2D eigenvalue weighted by Crippen LogP contribution is -2.30. The van der Waals surface area contributed by atoms with E-state index >= 15 is 0 Å². The van der Waals surface area contributed by atoms with E-state index in [-0.39, 0.29) is 31.2 Å². The molecule has 0 fully saturated rings. The molecule has 0 unspecified atom stereocenters. The van der Waals surface area contributed by atoms with Crippen LogP contribution in [0.1, 0.15) is 18.3 Å². The summed E-state index contributed by atoms with van der Waals surface area (Å²) in [4.78, 5) is 28.8. The SMILES string of the molecule is CCOCC(=O)NCc1nn(Cc2ccccn2)c(=O)c2ccccc12. The highest BCUT2D eigenvalue weighted by Crippen LogP contribution is 2.13. The van der Waals surface area contributed by atoms with E-state index in [9.17, 15) is 9.59 Å². The second-order valence-corrected chi connectivity index (χ2v) is 5.69. The number of nitrogens with zero attached hydrogens (tertiary/aromatic N) is 3. The third-order valence-corrected chi connectivity index (χ3v) is 3.87. The number of hydrogen-bond acceptors (Lipinski definition) is 5. The van der Waals surface area contributed by atoms with E-state index in [1.165, 1.54) is 4.68 Å². The summed E-state index contributed by atoms with van der Waals surface area (Å²) in [5, 5.41) is 8.53. The summed E-state index contributed by atoms with van der Waals surface area (Å²) in [6, 6.07) is 12.8. The lowest BCUT2D eigenvalue weighted by atomic mass is 10.1. The lowest BCUT2D eigenvalue weighted by Gasteiger charge is -2.11. The maximum absolute atomic E-state index is 12.7. The van der Waals surface area contributed by atoms with Crippen molar-refractivity contribution in [1.82, 2.24) is 20.1 Å². The second-order valence-electron chi connectivity index (χ2n) is 5.69. The summed E-state index contributed by atoms with van der Waals surface area (Å²) in [5.74, 6) is -0.222. The zero-order valence-electron chi connectivity index (χ0n) is 14.5. The number of rotatable bonds is 7. The Hall–Kier alpha value is -3.06. The van der Waals surface area contributed by atoms with Gasteiger partial charge in [0.2, 0.25) is 5.91 Å². The molecular weight excluding hydrogens is 332 g/mol. The first kappa shape index (κ1) is 17.8. The van der Waals surface area contributed by atoms with Gasteiger partial charge >= 0.3 is 0 Å². The molecule has 0 aliphatic rings. The maximum Gasteiger partial charge on any atom is 0.275 e. The van der Waals surface area contributed by atoms with E-state index in [1.54, 1.807) is 12.3 Å². The number of carbonyl (C=O) groups excluding carboxylic acids is 1. The van der Waals surface area contributed by atoms with Crippen molar-refractivity contribution in [3.05, 3.63) is 70.4 Å². The van der Waals surface area contributed by atoms with Crippen LogP contribution < -0.4 is 10.9 Å². The van der Waals surface area contributed by atoms with Crippen molar-refractivity contribution in [2.45, 2.75) is 20.0 Å². The number of nitrogens with one attached hydrogen (secondary N) is 1. The molecule has 2 heterocycles. The molecule has 3 aromatic rings. The largest absolute Gasteiger partial charge is 0.372 e.